The van der Waals surface area contributed by atoms with Crippen LogP contribution in [-0.2, 0) is 10.1 Å². The highest BCUT2D eigenvalue weighted by molar-refractivity contribution is 8.03. The first kappa shape index (κ1) is 25.1. The molecular weight excluding hydrogens is 533 g/mol. The molecule has 1 aliphatic heterocycles. The molecule has 0 atom stereocenters. The number of rotatable bonds is 7. The lowest BCUT2D eigenvalue weighted by Gasteiger charge is -2.22. The van der Waals surface area contributed by atoms with Crippen molar-refractivity contribution in [3.63, 3.8) is 0 Å². The van der Waals surface area contributed by atoms with Gasteiger partial charge in [-0.3, -0.25) is 4.55 Å². The largest absolute Gasteiger partial charge is 0.334 e. The minimum absolute atomic E-state index is 0.266. The third-order valence-corrected chi connectivity index (χ3v) is 9.59. The van der Waals surface area contributed by atoms with Gasteiger partial charge in [0, 0.05) is 22.2 Å². The fraction of sp³-hybridized carbons (Fsp3) is 0.167. The van der Waals surface area contributed by atoms with E-state index in [9.17, 15) is 13.0 Å². The van der Waals surface area contributed by atoms with Crippen LogP contribution in [0.2, 0.25) is 0 Å². The molecule has 0 spiro atoms. The smallest absolute Gasteiger partial charge is 0.264 e. The normalized spacial score (nSPS) is 15.3. The molecule has 1 aromatic heterocycles. The minimum Gasteiger partial charge on any atom is -0.334 e. The molecule has 0 bridgehead atoms. The van der Waals surface area contributed by atoms with Crippen molar-refractivity contribution in [3.05, 3.63) is 94.5 Å². The summed E-state index contributed by atoms with van der Waals surface area (Å²) < 4.78 is 33.3. The minimum atomic E-state index is -4.02. The van der Waals surface area contributed by atoms with Crippen molar-refractivity contribution >= 4 is 76.7 Å². The van der Waals surface area contributed by atoms with Crippen LogP contribution >= 0.6 is 23.1 Å². The molecule has 0 saturated heterocycles. The number of hydrogen-bond donors (Lipinski definition) is 1. The zero-order valence-corrected chi connectivity index (χ0v) is 23.2. The second-order valence-electron chi connectivity index (χ2n) is 9.27. The van der Waals surface area contributed by atoms with E-state index in [4.69, 9.17) is 4.98 Å². The van der Waals surface area contributed by atoms with Crippen molar-refractivity contribution < 1.29 is 13.0 Å². The molecule has 38 heavy (non-hydrogen) atoms. The monoisotopic (exact) mass is 558 g/mol. The molecule has 192 valence electrons. The van der Waals surface area contributed by atoms with Gasteiger partial charge >= 0.3 is 0 Å². The highest BCUT2D eigenvalue weighted by Gasteiger charge is 2.27. The van der Waals surface area contributed by atoms with Crippen molar-refractivity contribution in [2.75, 3.05) is 17.2 Å². The second kappa shape index (κ2) is 10.2. The molecule has 0 radical (unpaired) electrons. The fourth-order valence-corrected chi connectivity index (χ4v) is 7.55. The Morgan fingerprint density at radius 1 is 0.974 bits per heavy atom. The van der Waals surface area contributed by atoms with Crippen LogP contribution in [0.5, 0.6) is 0 Å². The molecule has 5 nitrogen and oxygen atoms in total. The van der Waals surface area contributed by atoms with Gasteiger partial charge in [-0.25, -0.2) is 4.98 Å². The third kappa shape index (κ3) is 4.97. The Balaban J connectivity index is 1.39. The summed E-state index contributed by atoms with van der Waals surface area (Å²) in [5, 5.41) is 6.64. The highest BCUT2D eigenvalue weighted by atomic mass is 32.2. The fourth-order valence-electron chi connectivity index (χ4n) is 4.91. The molecular formula is C30H26N2O3S3. The number of anilines is 1. The van der Waals surface area contributed by atoms with Crippen molar-refractivity contribution in [3.8, 4) is 0 Å². The molecule has 4 aromatic carbocycles. The van der Waals surface area contributed by atoms with E-state index in [-0.39, 0.29) is 5.75 Å². The molecule has 5 aromatic rings. The van der Waals surface area contributed by atoms with Crippen molar-refractivity contribution in [2.24, 2.45) is 0 Å². The molecule has 1 aliphatic rings. The predicted molar refractivity (Wildman–Crippen MR) is 162 cm³/mol. The van der Waals surface area contributed by atoms with E-state index in [0.717, 1.165) is 54.3 Å². The summed E-state index contributed by atoms with van der Waals surface area (Å²) in [5.74, 6) is -0.266. The Morgan fingerprint density at radius 3 is 2.45 bits per heavy atom. The summed E-state index contributed by atoms with van der Waals surface area (Å²) in [6.07, 6.45) is 5.51. The van der Waals surface area contributed by atoms with Crippen LogP contribution in [0.25, 0.3) is 37.8 Å². The molecule has 0 saturated carbocycles. The van der Waals surface area contributed by atoms with Gasteiger partial charge in [0.25, 0.3) is 10.1 Å². The van der Waals surface area contributed by atoms with Gasteiger partial charge in [0.2, 0.25) is 0 Å². The van der Waals surface area contributed by atoms with Gasteiger partial charge in [0.1, 0.15) is 5.01 Å². The third-order valence-electron chi connectivity index (χ3n) is 6.72. The average molecular weight is 559 g/mol. The molecule has 8 heteroatoms. The number of thiazole rings is 1. The first-order valence-corrected chi connectivity index (χ1v) is 15.8. The quantitative estimate of drug-likeness (QED) is 0.203. The van der Waals surface area contributed by atoms with Gasteiger partial charge < -0.3 is 4.90 Å². The van der Waals surface area contributed by atoms with Crippen molar-refractivity contribution in [1.29, 1.82) is 0 Å². The number of fused-ring (bicyclic) bond motifs is 6. The first-order valence-electron chi connectivity index (χ1n) is 12.5. The highest BCUT2D eigenvalue weighted by Crippen LogP contribution is 2.50. The van der Waals surface area contributed by atoms with E-state index in [1.165, 1.54) is 10.1 Å². The van der Waals surface area contributed by atoms with Crippen LogP contribution in [0.4, 0.5) is 5.69 Å². The van der Waals surface area contributed by atoms with Crippen LogP contribution in [-0.4, -0.2) is 30.3 Å². The number of allylic oxidation sites excluding steroid dienone is 2. The zero-order chi connectivity index (χ0) is 26.3. The Morgan fingerprint density at radius 2 is 1.68 bits per heavy atom. The average Bonchev–Trinajstić information content (AvgIpc) is 3.48. The maximum absolute atomic E-state index is 11.4. The summed E-state index contributed by atoms with van der Waals surface area (Å²) in [7, 11) is -4.02. The number of nitrogens with zero attached hydrogens (tertiary/aromatic N) is 2. The molecule has 6 rings (SSSR count). The van der Waals surface area contributed by atoms with Crippen molar-refractivity contribution in [1.82, 2.24) is 4.98 Å². The Bertz CT molecular complexity index is 1860. The maximum Gasteiger partial charge on any atom is 0.264 e. The van der Waals surface area contributed by atoms with E-state index < -0.39 is 10.1 Å². The van der Waals surface area contributed by atoms with E-state index in [1.807, 2.05) is 24.3 Å². The summed E-state index contributed by atoms with van der Waals surface area (Å²) in [5.41, 5.74) is 3.27. The van der Waals surface area contributed by atoms with Crippen LogP contribution in [0.1, 0.15) is 24.8 Å². The molecule has 1 N–H and O–H groups in total. The summed E-state index contributed by atoms with van der Waals surface area (Å²) in [6, 6.07) is 25.1. The SMILES string of the molecule is CCC(/C=C1\Sc2ccc3ccccc3c2N1CCCS(=O)(=O)O)=C\c1nc2c(ccc3ccccc32)s1. The van der Waals surface area contributed by atoms with Crippen LogP contribution in [0.15, 0.2) is 94.4 Å². The molecule has 0 aliphatic carbocycles. The van der Waals surface area contributed by atoms with Crippen LogP contribution in [0.3, 0.4) is 0 Å². The number of hydrogen-bond acceptors (Lipinski definition) is 6. The Labute approximate surface area is 230 Å². The lowest BCUT2D eigenvalue weighted by atomic mass is 10.1. The number of benzene rings is 4. The van der Waals surface area contributed by atoms with Gasteiger partial charge in [0.05, 0.1) is 26.7 Å². The van der Waals surface area contributed by atoms with Gasteiger partial charge in [-0.2, -0.15) is 8.42 Å². The molecule has 2 heterocycles. The lowest BCUT2D eigenvalue weighted by molar-refractivity contribution is 0.481. The number of aromatic nitrogens is 1. The molecule has 0 amide bonds. The summed E-state index contributed by atoms with van der Waals surface area (Å²) in [6.45, 7) is 2.63. The lowest BCUT2D eigenvalue weighted by Crippen LogP contribution is -2.22. The summed E-state index contributed by atoms with van der Waals surface area (Å²) in [4.78, 5) is 8.32. The van der Waals surface area contributed by atoms with E-state index in [0.29, 0.717) is 13.0 Å². The van der Waals surface area contributed by atoms with Crippen LogP contribution in [0, 0.1) is 0 Å². The molecule has 0 fully saturated rings. The van der Waals surface area contributed by atoms with Crippen molar-refractivity contribution in [2.45, 2.75) is 24.7 Å². The van der Waals surface area contributed by atoms with E-state index in [1.54, 1.807) is 23.1 Å². The zero-order valence-electron chi connectivity index (χ0n) is 20.8. The number of thioether (sulfide) groups is 1. The van der Waals surface area contributed by atoms with Gasteiger partial charge in [-0.15, -0.1) is 11.3 Å². The maximum atomic E-state index is 11.4. The Kier molecular flexibility index (Phi) is 6.74. The van der Waals surface area contributed by atoms with Crippen LogP contribution < -0.4 is 4.90 Å². The van der Waals surface area contributed by atoms with Gasteiger partial charge in [0.15, 0.2) is 0 Å². The van der Waals surface area contributed by atoms with Gasteiger partial charge in [-0.05, 0) is 53.5 Å². The summed E-state index contributed by atoms with van der Waals surface area (Å²) >= 11 is 3.38. The van der Waals surface area contributed by atoms with E-state index in [2.05, 4.69) is 72.5 Å². The Hall–Kier alpha value is -3.17. The van der Waals surface area contributed by atoms with E-state index >= 15 is 0 Å². The molecule has 0 unspecified atom stereocenters. The standard InChI is InChI=1S/C30H26N2O3S3/c1-2-20(18-27-31-29-23-10-5-3-8-21(23)12-14-25(29)36-27)19-28-32(16-7-17-38(33,34)35)30-24-11-6-4-9-22(24)13-15-26(30)37-28/h3-6,8-15,18-19H,2,7,16-17H2,1H3,(H,33,34,35)/b20-18+,28-19-. The predicted octanol–water partition coefficient (Wildman–Crippen LogP) is 8.13. The second-order valence-corrected chi connectivity index (χ2v) is 13.0. The first-order chi connectivity index (χ1) is 18.4. The van der Waals surface area contributed by atoms with Gasteiger partial charge in [-0.1, -0.05) is 79.3 Å². The topological polar surface area (TPSA) is 70.5 Å².